The van der Waals surface area contributed by atoms with Crippen LogP contribution in [0.1, 0.15) is 32.9 Å². The molecular formula is C19H20FN5OS. The summed E-state index contributed by atoms with van der Waals surface area (Å²) in [5.74, 6) is 0.524. The van der Waals surface area contributed by atoms with Gasteiger partial charge in [-0.15, -0.1) is 11.3 Å². The van der Waals surface area contributed by atoms with E-state index >= 15 is 0 Å². The summed E-state index contributed by atoms with van der Waals surface area (Å²) in [5.41, 5.74) is 1.43. The van der Waals surface area contributed by atoms with Gasteiger partial charge in [0.15, 0.2) is 0 Å². The zero-order valence-corrected chi connectivity index (χ0v) is 15.7. The van der Waals surface area contributed by atoms with E-state index in [1.165, 1.54) is 23.5 Å². The Morgan fingerprint density at radius 2 is 2.19 bits per heavy atom. The molecule has 0 aliphatic carbocycles. The molecule has 2 aromatic heterocycles. The van der Waals surface area contributed by atoms with E-state index in [0.717, 1.165) is 22.9 Å². The normalized spacial score (nSPS) is 17.3. The molecule has 1 unspecified atom stereocenters. The number of hydrogen-bond acceptors (Lipinski definition) is 5. The van der Waals surface area contributed by atoms with Gasteiger partial charge in [-0.3, -0.25) is 4.79 Å². The van der Waals surface area contributed by atoms with Crippen molar-refractivity contribution < 1.29 is 9.18 Å². The molecule has 1 amide bonds. The highest BCUT2D eigenvalue weighted by molar-refractivity contribution is 7.09. The number of benzene rings is 1. The minimum atomic E-state index is -0.257. The Bertz CT molecular complexity index is 936. The number of carbonyl (C=O) groups excluding carboxylic acids is 1. The molecule has 1 aliphatic heterocycles. The summed E-state index contributed by atoms with van der Waals surface area (Å²) >= 11 is 1.45. The van der Waals surface area contributed by atoms with Crippen molar-refractivity contribution in [3.8, 4) is 0 Å². The molecule has 27 heavy (non-hydrogen) atoms. The first-order chi connectivity index (χ1) is 13.1. The molecule has 0 saturated carbocycles. The Hall–Kier alpha value is -2.58. The largest absolute Gasteiger partial charge is 0.336 e. The van der Waals surface area contributed by atoms with Crippen molar-refractivity contribution in [2.75, 3.05) is 19.6 Å². The van der Waals surface area contributed by atoms with Crippen molar-refractivity contribution in [1.29, 1.82) is 0 Å². The molecule has 1 aliphatic rings. The van der Waals surface area contributed by atoms with E-state index in [1.54, 1.807) is 23.7 Å². The topological polar surface area (TPSA) is 63.1 Å². The van der Waals surface area contributed by atoms with Gasteiger partial charge in [0.05, 0.1) is 5.01 Å². The number of aromatic nitrogens is 3. The van der Waals surface area contributed by atoms with Crippen LogP contribution in [-0.2, 0) is 13.5 Å². The third-order valence-electron chi connectivity index (χ3n) is 4.70. The summed E-state index contributed by atoms with van der Waals surface area (Å²) in [6.45, 7) is 2.03. The molecule has 0 bridgehead atoms. The van der Waals surface area contributed by atoms with Gasteiger partial charge in [-0.2, -0.15) is 0 Å². The summed E-state index contributed by atoms with van der Waals surface area (Å²) in [6, 6.07) is 6.24. The third kappa shape index (κ3) is 3.77. The van der Waals surface area contributed by atoms with Gasteiger partial charge in [0.25, 0.3) is 5.91 Å². The van der Waals surface area contributed by atoms with Crippen LogP contribution in [0.25, 0.3) is 0 Å². The third-order valence-corrected chi connectivity index (χ3v) is 5.55. The summed E-state index contributed by atoms with van der Waals surface area (Å²) in [6.07, 6.45) is 4.22. The molecule has 140 valence electrons. The van der Waals surface area contributed by atoms with E-state index in [4.69, 9.17) is 0 Å². The van der Waals surface area contributed by atoms with Crippen molar-refractivity contribution in [2.24, 2.45) is 7.05 Å². The fourth-order valence-electron chi connectivity index (χ4n) is 3.29. The molecule has 0 spiro atoms. The molecule has 1 atom stereocenters. The van der Waals surface area contributed by atoms with Crippen LogP contribution in [0.3, 0.4) is 0 Å². The minimum absolute atomic E-state index is 0.0777. The van der Waals surface area contributed by atoms with E-state index < -0.39 is 0 Å². The van der Waals surface area contributed by atoms with Crippen LogP contribution < -0.4 is 5.32 Å². The van der Waals surface area contributed by atoms with E-state index in [0.29, 0.717) is 25.2 Å². The number of nitrogens with zero attached hydrogens (tertiary/aromatic N) is 4. The number of halogens is 1. The second kappa shape index (κ2) is 7.58. The lowest BCUT2D eigenvalue weighted by Gasteiger charge is -2.35. The molecule has 6 nitrogen and oxygen atoms in total. The van der Waals surface area contributed by atoms with E-state index in [2.05, 4.69) is 15.3 Å². The van der Waals surface area contributed by atoms with Crippen LogP contribution in [0, 0.1) is 5.82 Å². The highest BCUT2D eigenvalue weighted by Crippen LogP contribution is 2.24. The van der Waals surface area contributed by atoms with Crippen molar-refractivity contribution in [2.45, 2.75) is 12.5 Å². The van der Waals surface area contributed by atoms with Gasteiger partial charge < -0.3 is 14.8 Å². The molecule has 1 N–H and O–H groups in total. The number of amides is 1. The average Bonchev–Trinajstić information content (AvgIpc) is 3.32. The maximum absolute atomic E-state index is 13.1. The van der Waals surface area contributed by atoms with Crippen molar-refractivity contribution in [3.05, 3.63) is 69.9 Å². The highest BCUT2D eigenvalue weighted by Gasteiger charge is 2.32. The number of rotatable bonds is 4. The monoisotopic (exact) mass is 385 g/mol. The van der Waals surface area contributed by atoms with Crippen LogP contribution in [-0.4, -0.2) is 45.0 Å². The Kier molecular flexibility index (Phi) is 5.00. The standard InChI is InChI=1S/C19H20FN5OS/c1-24-8-7-22-18(24)16-11-21-6-9-25(16)19(26)15-12-27-17(23-15)10-13-2-4-14(20)5-3-13/h2-5,7-8,12,16,21H,6,9-11H2,1H3. The van der Waals surface area contributed by atoms with Crippen LogP contribution in [0.4, 0.5) is 4.39 Å². The second-order valence-electron chi connectivity index (χ2n) is 6.54. The van der Waals surface area contributed by atoms with Crippen LogP contribution in [0.5, 0.6) is 0 Å². The summed E-state index contributed by atoms with van der Waals surface area (Å²) in [7, 11) is 1.93. The van der Waals surface area contributed by atoms with Crippen molar-refractivity contribution in [3.63, 3.8) is 0 Å². The lowest BCUT2D eigenvalue weighted by Crippen LogP contribution is -2.49. The minimum Gasteiger partial charge on any atom is -0.336 e. The number of imidazole rings is 1. The number of thiazole rings is 1. The van der Waals surface area contributed by atoms with Crippen LogP contribution in [0.15, 0.2) is 42.0 Å². The quantitative estimate of drug-likeness (QED) is 0.749. The fourth-order valence-corrected chi connectivity index (χ4v) is 4.09. The first-order valence-corrected chi connectivity index (χ1v) is 9.67. The molecule has 1 saturated heterocycles. The zero-order chi connectivity index (χ0) is 18.8. The summed E-state index contributed by atoms with van der Waals surface area (Å²) < 4.78 is 15.0. The maximum Gasteiger partial charge on any atom is 0.274 e. The molecule has 1 fully saturated rings. The molecule has 0 radical (unpaired) electrons. The van der Waals surface area contributed by atoms with Gasteiger partial charge in [-0.25, -0.2) is 14.4 Å². The lowest BCUT2D eigenvalue weighted by atomic mass is 10.1. The van der Waals surface area contributed by atoms with Crippen molar-refractivity contribution in [1.82, 2.24) is 24.8 Å². The van der Waals surface area contributed by atoms with Gasteiger partial charge in [-0.1, -0.05) is 12.1 Å². The van der Waals surface area contributed by atoms with Gasteiger partial charge in [0.1, 0.15) is 23.4 Å². The highest BCUT2D eigenvalue weighted by atomic mass is 32.1. The lowest BCUT2D eigenvalue weighted by molar-refractivity contribution is 0.0615. The Labute approximate surface area is 160 Å². The number of nitrogens with one attached hydrogen (secondary N) is 1. The number of carbonyl (C=O) groups is 1. The predicted molar refractivity (Wildman–Crippen MR) is 101 cm³/mol. The van der Waals surface area contributed by atoms with E-state index in [1.807, 2.05) is 22.7 Å². The zero-order valence-electron chi connectivity index (χ0n) is 14.9. The van der Waals surface area contributed by atoms with Gasteiger partial charge in [-0.05, 0) is 17.7 Å². The Balaban J connectivity index is 1.52. The predicted octanol–water partition coefficient (Wildman–Crippen LogP) is 2.39. The maximum atomic E-state index is 13.1. The molecule has 3 heterocycles. The first kappa shape index (κ1) is 17.8. The summed E-state index contributed by atoms with van der Waals surface area (Å²) in [4.78, 5) is 23.9. The average molecular weight is 385 g/mol. The number of piperazine rings is 1. The fraction of sp³-hybridized carbons (Fsp3) is 0.316. The van der Waals surface area contributed by atoms with Gasteiger partial charge in [0, 0.05) is 50.9 Å². The van der Waals surface area contributed by atoms with Crippen LogP contribution in [0.2, 0.25) is 0 Å². The SMILES string of the molecule is Cn1ccnc1C1CNCCN1C(=O)c1csc(Cc2ccc(F)cc2)n1. The van der Waals surface area contributed by atoms with Gasteiger partial charge in [0.2, 0.25) is 0 Å². The van der Waals surface area contributed by atoms with Crippen molar-refractivity contribution >= 4 is 17.2 Å². The number of hydrogen-bond donors (Lipinski definition) is 1. The molecule has 3 aromatic rings. The van der Waals surface area contributed by atoms with Crippen LogP contribution >= 0.6 is 11.3 Å². The molecule has 8 heteroatoms. The molecule has 4 rings (SSSR count). The van der Waals surface area contributed by atoms with E-state index in [-0.39, 0.29) is 17.8 Å². The number of aryl methyl sites for hydroxylation is 1. The molecule has 1 aromatic carbocycles. The Morgan fingerprint density at radius 3 is 2.93 bits per heavy atom. The smallest absolute Gasteiger partial charge is 0.274 e. The van der Waals surface area contributed by atoms with E-state index in [9.17, 15) is 9.18 Å². The van der Waals surface area contributed by atoms with Gasteiger partial charge >= 0.3 is 0 Å². The Morgan fingerprint density at radius 1 is 1.37 bits per heavy atom. The second-order valence-corrected chi connectivity index (χ2v) is 7.49. The first-order valence-electron chi connectivity index (χ1n) is 8.79. The molecular weight excluding hydrogens is 365 g/mol. The summed E-state index contributed by atoms with van der Waals surface area (Å²) in [5, 5.41) is 5.98.